The molecule has 2 aliphatic rings. The van der Waals surface area contributed by atoms with Crippen molar-refractivity contribution < 1.29 is 14.6 Å². The Hall–Kier alpha value is -1.26. The van der Waals surface area contributed by atoms with Gasteiger partial charge in [-0.3, -0.25) is 0 Å². The molecule has 0 saturated carbocycles. The summed E-state index contributed by atoms with van der Waals surface area (Å²) < 4.78 is 11.2. The molecule has 1 aromatic rings. The van der Waals surface area contributed by atoms with Gasteiger partial charge in [-0.1, -0.05) is 0 Å². The molecule has 98 valence electrons. The maximum Gasteiger partial charge on any atom is 0.160 e. The summed E-state index contributed by atoms with van der Waals surface area (Å²) >= 11 is 0. The van der Waals surface area contributed by atoms with Crippen molar-refractivity contribution in [1.82, 2.24) is 0 Å². The third kappa shape index (κ3) is 2.44. The lowest BCUT2D eigenvalue weighted by Gasteiger charge is -2.35. The molecular formula is C14H19NO3. The summed E-state index contributed by atoms with van der Waals surface area (Å²) in [4.78, 5) is 2.35. The third-order valence-electron chi connectivity index (χ3n) is 3.79. The minimum Gasteiger partial charge on any atom is -0.508 e. The van der Waals surface area contributed by atoms with Crippen LogP contribution in [0.5, 0.6) is 5.75 Å². The number of phenolic OH excluding ortho intramolecular Hbond substituents is 1. The second kappa shape index (κ2) is 5.16. The highest BCUT2D eigenvalue weighted by atomic mass is 16.7. The first-order chi connectivity index (χ1) is 8.83. The second-order valence-electron chi connectivity index (χ2n) is 4.95. The fourth-order valence-electron chi connectivity index (χ4n) is 2.74. The molecule has 2 saturated heterocycles. The molecule has 3 rings (SSSR count). The van der Waals surface area contributed by atoms with E-state index in [9.17, 15) is 5.11 Å². The van der Waals surface area contributed by atoms with Crippen molar-refractivity contribution >= 4 is 5.69 Å². The van der Waals surface area contributed by atoms with E-state index in [0.29, 0.717) is 11.7 Å². The van der Waals surface area contributed by atoms with Crippen LogP contribution in [0.1, 0.15) is 12.8 Å². The monoisotopic (exact) mass is 249 g/mol. The lowest BCUT2D eigenvalue weighted by molar-refractivity contribution is -0.0889. The zero-order valence-electron chi connectivity index (χ0n) is 10.4. The van der Waals surface area contributed by atoms with Crippen molar-refractivity contribution in [2.45, 2.75) is 19.1 Å². The van der Waals surface area contributed by atoms with Gasteiger partial charge in [0.05, 0.1) is 13.2 Å². The summed E-state index contributed by atoms with van der Waals surface area (Å²) in [5.41, 5.74) is 1.18. The van der Waals surface area contributed by atoms with E-state index >= 15 is 0 Å². The summed E-state index contributed by atoms with van der Waals surface area (Å²) in [6.07, 6.45) is 2.23. The number of nitrogens with zero attached hydrogens (tertiary/aromatic N) is 1. The number of anilines is 1. The van der Waals surface area contributed by atoms with E-state index < -0.39 is 0 Å². The quantitative estimate of drug-likeness (QED) is 0.870. The first-order valence-corrected chi connectivity index (χ1v) is 6.60. The van der Waals surface area contributed by atoms with Gasteiger partial charge in [-0.2, -0.15) is 0 Å². The molecule has 2 fully saturated rings. The number of phenols is 1. The molecule has 4 heteroatoms. The molecule has 0 aromatic heterocycles. The molecule has 0 unspecified atom stereocenters. The van der Waals surface area contributed by atoms with Crippen LogP contribution in [0, 0.1) is 5.92 Å². The van der Waals surface area contributed by atoms with Crippen molar-refractivity contribution in [3.05, 3.63) is 24.3 Å². The third-order valence-corrected chi connectivity index (χ3v) is 3.79. The van der Waals surface area contributed by atoms with Gasteiger partial charge in [-0.05, 0) is 37.1 Å². The largest absolute Gasteiger partial charge is 0.508 e. The fraction of sp³-hybridized carbons (Fsp3) is 0.571. The Kier molecular flexibility index (Phi) is 3.39. The van der Waals surface area contributed by atoms with Crippen LogP contribution in [-0.4, -0.2) is 37.7 Å². The Labute approximate surface area is 107 Å². The lowest BCUT2D eigenvalue weighted by atomic mass is 9.96. The molecule has 2 aliphatic heterocycles. The molecule has 0 atom stereocenters. The number of piperidine rings is 1. The highest BCUT2D eigenvalue weighted by Gasteiger charge is 2.30. The zero-order valence-corrected chi connectivity index (χ0v) is 10.4. The van der Waals surface area contributed by atoms with Crippen molar-refractivity contribution in [2.75, 3.05) is 31.2 Å². The van der Waals surface area contributed by atoms with E-state index in [2.05, 4.69) is 4.90 Å². The average molecular weight is 249 g/mol. The normalized spacial score (nSPS) is 22.6. The maximum atomic E-state index is 9.29. The topological polar surface area (TPSA) is 41.9 Å². The van der Waals surface area contributed by atoms with E-state index in [1.165, 1.54) is 5.69 Å². The van der Waals surface area contributed by atoms with Gasteiger partial charge in [0.25, 0.3) is 0 Å². The van der Waals surface area contributed by atoms with E-state index in [1.807, 2.05) is 12.1 Å². The Morgan fingerprint density at radius 2 is 1.61 bits per heavy atom. The van der Waals surface area contributed by atoms with Gasteiger partial charge in [-0.15, -0.1) is 0 Å². The van der Waals surface area contributed by atoms with Gasteiger partial charge in [0, 0.05) is 24.7 Å². The van der Waals surface area contributed by atoms with E-state index in [-0.39, 0.29) is 6.29 Å². The van der Waals surface area contributed by atoms with Crippen molar-refractivity contribution in [3.63, 3.8) is 0 Å². The molecule has 0 spiro atoms. The van der Waals surface area contributed by atoms with Gasteiger partial charge in [0.15, 0.2) is 6.29 Å². The first-order valence-electron chi connectivity index (χ1n) is 6.60. The SMILES string of the molecule is Oc1ccc(N2CCC(C3OCCO3)CC2)cc1. The van der Waals surface area contributed by atoms with Gasteiger partial charge in [0.2, 0.25) is 0 Å². The summed E-state index contributed by atoms with van der Waals surface area (Å²) in [6, 6.07) is 7.42. The fourth-order valence-corrected chi connectivity index (χ4v) is 2.74. The minimum absolute atomic E-state index is 0.0203. The molecule has 0 radical (unpaired) electrons. The van der Waals surface area contributed by atoms with Crippen LogP contribution >= 0.6 is 0 Å². The molecule has 4 nitrogen and oxygen atoms in total. The second-order valence-corrected chi connectivity index (χ2v) is 4.95. The summed E-state index contributed by atoms with van der Waals surface area (Å²) in [5.74, 6) is 0.849. The van der Waals surface area contributed by atoms with Gasteiger partial charge < -0.3 is 19.5 Å². The average Bonchev–Trinajstić information content (AvgIpc) is 2.94. The Balaban J connectivity index is 1.57. The molecule has 0 amide bonds. The number of hydrogen-bond acceptors (Lipinski definition) is 4. The Bertz CT molecular complexity index is 379. The number of hydrogen-bond donors (Lipinski definition) is 1. The van der Waals surface area contributed by atoms with Crippen LogP contribution in [0.4, 0.5) is 5.69 Å². The molecule has 1 aromatic carbocycles. The summed E-state index contributed by atoms with van der Waals surface area (Å²) in [6.45, 7) is 3.53. The predicted molar refractivity (Wildman–Crippen MR) is 68.7 cm³/mol. The number of rotatable bonds is 2. The predicted octanol–water partition coefficient (Wildman–Crippen LogP) is 1.98. The first kappa shape index (κ1) is 11.8. The molecule has 18 heavy (non-hydrogen) atoms. The summed E-state index contributed by atoms with van der Waals surface area (Å²) in [7, 11) is 0. The van der Waals surface area contributed by atoms with Crippen molar-refractivity contribution in [1.29, 1.82) is 0 Å². The standard InChI is InChI=1S/C14H19NO3/c16-13-3-1-12(2-4-13)15-7-5-11(6-8-15)14-17-9-10-18-14/h1-4,11,14,16H,5-10H2. The highest BCUT2D eigenvalue weighted by Crippen LogP contribution is 2.29. The van der Waals surface area contributed by atoms with Crippen LogP contribution in [-0.2, 0) is 9.47 Å². The zero-order chi connectivity index (χ0) is 12.4. The minimum atomic E-state index is 0.0203. The van der Waals surface area contributed by atoms with E-state index in [1.54, 1.807) is 12.1 Å². The number of aromatic hydroxyl groups is 1. The molecule has 1 N–H and O–H groups in total. The van der Waals surface area contributed by atoms with Crippen molar-refractivity contribution in [2.24, 2.45) is 5.92 Å². The molecule has 0 bridgehead atoms. The van der Waals surface area contributed by atoms with E-state index in [0.717, 1.165) is 39.1 Å². The highest BCUT2D eigenvalue weighted by molar-refractivity contribution is 5.49. The van der Waals surface area contributed by atoms with Crippen LogP contribution in [0.25, 0.3) is 0 Å². The maximum absolute atomic E-state index is 9.29. The van der Waals surface area contributed by atoms with Gasteiger partial charge in [-0.25, -0.2) is 0 Å². The Morgan fingerprint density at radius 3 is 2.22 bits per heavy atom. The molecular weight excluding hydrogens is 230 g/mol. The smallest absolute Gasteiger partial charge is 0.160 e. The van der Waals surface area contributed by atoms with Gasteiger partial charge in [0.1, 0.15) is 5.75 Å². The molecule has 2 heterocycles. The molecule has 0 aliphatic carbocycles. The number of ether oxygens (including phenoxy) is 2. The van der Waals surface area contributed by atoms with Crippen LogP contribution in [0.2, 0.25) is 0 Å². The number of benzene rings is 1. The van der Waals surface area contributed by atoms with E-state index in [4.69, 9.17) is 9.47 Å². The van der Waals surface area contributed by atoms with Crippen LogP contribution in [0.15, 0.2) is 24.3 Å². The summed E-state index contributed by atoms with van der Waals surface area (Å²) in [5, 5.41) is 9.29. The lowest BCUT2D eigenvalue weighted by Crippen LogP contribution is -2.38. The van der Waals surface area contributed by atoms with Crippen LogP contribution < -0.4 is 4.90 Å². The van der Waals surface area contributed by atoms with Crippen LogP contribution in [0.3, 0.4) is 0 Å². The van der Waals surface area contributed by atoms with Gasteiger partial charge >= 0.3 is 0 Å². The Morgan fingerprint density at radius 1 is 1.00 bits per heavy atom. The van der Waals surface area contributed by atoms with Crippen molar-refractivity contribution in [3.8, 4) is 5.75 Å².